The van der Waals surface area contributed by atoms with Gasteiger partial charge in [-0.25, -0.2) is 4.98 Å². The van der Waals surface area contributed by atoms with Crippen LogP contribution in [0, 0.1) is 6.92 Å². The Hall–Kier alpha value is -2.60. The Kier molecular flexibility index (Phi) is 4.98. The fourth-order valence-corrected chi connectivity index (χ4v) is 4.25. The number of aryl methyl sites for hydroxylation is 1. The van der Waals surface area contributed by atoms with Crippen molar-refractivity contribution in [2.75, 3.05) is 13.1 Å². The molecule has 3 heterocycles. The van der Waals surface area contributed by atoms with Gasteiger partial charge in [-0.3, -0.25) is 4.79 Å². The highest BCUT2D eigenvalue weighted by Crippen LogP contribution is 2.32. The summed E-state index contributed by atoms with van der Waals surface area (Å²) in [5.41, 5.74) is 2.92. The van der Waals surface area contributed by atoms with Crippen molar-refractivity contribution in [3.63, 3.8) is 0 Å². The van der Waals surface area contributed by atoms with Crippen LogP contribution in [0.5, 0.6) is 0 Å². The average molecular weight is 381 g/mol. The summed E-state index contributed by atoms with van der Waals surface area (Å²) in [6, 6.07) is 10.2. The number of amides is 1. The summed E-state index contributed by atoms with van der Waals surface area (Å²) in [4.78, 5) is 19.8. The van der Waals surface area contributed by atoms with Crippen molar-refractivity contribution in [1.82, 2.24) is 14.5 Å². The van der Waals surface area contributed by atoms with Crippen molar-refractivity contribution in [2.24, 2.45) is 0 Å². The largest absolute Gasteiger partial charge is 0.453 e. The Morgan fingerprint density at radius 1 is 1.36 bits per heavy atom. The van der Waals surface area contributed by atoms with Crippen molar-refractivity contribution in [3.8, 4) is 0 Å². The van der Waals surface area contributed by atoms with E-state index in [4.69, 9.17) is 9.40 Å². The van der Waals surface area contributed by atoms with Crippen molar-refractivity contribution < 1.29 is 14.3 Å². The Morgan fingerprint density at radius 3 is 2.86 bits per heavy atom. The number of hydrogen-bond donors (Lipinski definition) is 1. The van der Waals surface area contributed by atoms with E-state index in [0.717, 1.165) is 35.3 Å². The Labute approximate surface area is 164 Å². The van der Waals surface area contributed by atoms with Gasteiger partial charge >= 0.3 is 0 Å². The molecule has 3 aromatic rings. The molecule has 1 unspecified atom stereocenters. The second-order valence-corrected chi connectivity index (χ2v) is 7.90. The standard InChI is InChI=1S/C22H27N3O3/c1-14(2)25-19-9-5-4-8-18(19)23-21(25)16-7-6-10-24(12-16)22(27)20-15(3)11-17(13-26)28-20/h4-5,8-9,11,14,16,26H,6-7,10,12-13H2,1-3H3. The lowest BCUT2D eigenvalue weighted by atomic mass is 9.96. The lowest BCUT2D eigenvalue weighted by Gasteiger charge is -2.32. The predicted octanol–water partition coefficient (Wildman–Crippen LogP) is 4.03. The zero-order valence-electron chi connectivity index (χ0n) is 16.7. The van der Waals surface area contributed by atoms with E-state index in [9.17, 15) is 9.90 Å². The van der Waals surface area contributed by atoms with Crippen molar-refractivity contribution in [2.45, 2.75) is 52.2 Å². The summed E-state index contributed by atoms with van der Waals surface area (Å²) in [5.74, 6) is 1.91. The number of rotatable bonds is 4. The number of carbonyl (C=O) groups is 1. The van der Waals surface area contributed by atoms with E-state index in [1.807, 2.05) is 30.0 Å². The molecule has 0 aliphatic carbocycles. The van der Waals surface area contributed by atoms with E-state index in [-0.39, 0.29) is 18.4 Å². The number of aliphatic hydroxyl groups excluding tert-OH is 1. The number of furan rings is 1. The molecule has 1 amide bonds. The quantitative estimate of drug-likeness (QED) is 0.741. The summed E-state index contributed by atoms with van der Waals surface area (Å²) in [7, 11) is 0. The second kappa shape index (κ2) is 7.43. The highest BCUT2D eigenvalue weighted by Gasteiger charge is 2.31. The molecule has 0 saturated carbocycles. The molecule has 4 rings (SSSR count). The molecule has 1 fully saturated rings. The van der Waals surface area contributed by atoms with Gasteiger partial charge in [0.1, 0.15) is 18.2 Å². The molecular weight excluding hydrogens is 354 g/mol. The van der Waals surface area contributed by atoms with E-state index >= 15 is 0 Å². The smallest absolute Gasteiger partial charge is 0.289 e. The van der Waals surface area contributed by atoms with Crippen molar-refractivity contribution >= 4 is 16.9 Å². The van der Waals surface area contributed by atoms with Crippen LogP contribution in [0.15, 0.2) is 34.7 Å². The van der Waals surface area contributed by atoms with Gasteiger partial charge in [-0.1, -0.05) is 12.1 Å². The first kappa shape index (κ1) is 18.7. The molecule has 0 bridgehead atoms. The Morgan fingerprint density at radius 2 is 2.14 bits per heavy atom. The van der Waals surface area contributed by atoms with Gasteiger partial charge in [0, 0.05) is 30.6 Å². The fourth-order valence-electron chi connectivity index (χ4n) is 4.25. The van der Waals surface area contributed by atoms with E-state index in [2.05, 4.69) is 24.5 Å². The third-order valence-corrected chi connectivity index (χ3v) is 5.53. The first-order chi connectivity index (χ1) is 13.5. The zero-order chi connectivity index (χ0) is 19.8. The molecular formula is C22H27N3O3. The minimum absolute atomic E-state index is 0.103. The number of imidazole rings is 1. The third-order valence-electron chi connectivity index (χ3n) is 5.53. The molecule has 1 atom stereocenters. The lowest BCUT2D eigenvalue weighted by molar-refractivity contribution is 0.0665. The number of aliphatic hydroxyl groups is 1. The number of likely N-dealkylation sites (tertiary alicyclic amines) is 1. The Bertz CT molecular complexity index is 1000. The van der Waals surface area contributed by atoms with Crippen molar-refractivity contribution in [3.05, 3.63) is 53.2 Å². The number of carbonyl (C=O) groups excluding carboxylic acids is 1. The second-order valence-electron chi connectivity index (χ2n) is 7.90. The Balaban J connectivity index is 1.64. The molecule has 1 saturated heterocycles. The van der Waals surface area contributed by atoms with Gasteiger partial charge in [0.15, 0.2) is 5.76 Å². The van der Waals surface area contributed by atoms with Gasteiger partial charge in [-0.2, -0.15) is 0 Å². The van der Waals surface area contributed by atoms with Crippen LogP contribution in [0.2, 0.25) is 0 Å². The maximum absolute atomic E-state index is 13.0. The van der Waals surface area contributed by atoms with Crippen LogP contribution in [0.25, 0.3) is 11.0 Å². The molecule has 1 aromatic carbocycles. The minimum Gasteiger partial charge on any atom is -0.453 e. The normalized spacial score (nSPS) is 17.6. The number of nitrogens with zero attached hydrogens (tertiary/aromatic N) is 3. The number of piperidine rings is 1. The third kappa shape index (κ3) is 3.22. The van der Waals surface area contributed by atoms with E-state index < -0.39 is 0 Å². The monoisotopic (exact) mass is 381 g/mol. The van der Waals surface area contributed by atoms with E-state index in [0.29, 0.717) is 30.7 Å². The summed E-state index contributed by atoms with van der Waals surface area (Å²) in [6.07, 6.45) is 1.95. The summed E-state index contributed by atoms with van der Waals surface area (Å²) in [6.45, 7) is 7.33. The summed E-state index contributed by atoms with van der Waals surface area (Å²) >= 11 is 0. The first-order valence-electron chi connectivity index (χ1n) is 9.96. The van der Waals surface area contributed by atoms with E-state index in [1.54, 1.807) is 6.07 Å². The average Bonchev–Trinajstić information content (AvgIpc) is 3.28. The first-order valence-corrected chi connectivity index (χ1v) is 9.96. The van der Waals surface area contributed by atoms with Gasteiger partial charge < -0.3 is 19.0 Å². The van der Waals surface area contributed by atoms with Crippen LogP contribution in [0.3, 0.4) is 0 Å². The molecule has 2 aromatic heterocycles. The van der Waals surface area contributed by atoms with Crippen molar-refractivity contribution in [1.29, 1.82) is 0 Å². The number of aromatic nitrogens is 2. The number of benzene rings is 1. The lowest BCUT2D eigenvalue weighted by Crippen LogP contribution is -2.40. The highest BCUT2D eigenvalue weighted by atomic mass is 16.4. The van der Waals surface area contributed by atoms with Gasteiger partial charge in [-0.15, -0.1) is 0 Å². The maximum Gasteiger partial charge on any atom is 0.289 e. The maximum atomic E-state index is 13.0. The van der Waals surface area contributed by atoms with Gasteiger partial charge in [-0.05, 0) is 51.8 Å². The van der Waals surface area contributed by atoms with Crippen LogP contribution in [0.1, 0.15) is 66.4 Å². The molecule has 148 valence electrons. The number of para-hydroxylation sites is 2. The fraction of sp³-hybridized carbons (Fsp3) is 0.455. The molecule has 6 nitrogen and oxygen atoms in total. The molecule has 0 spiro atoms. The molecule has 1 aliphatic heterocycles. The summed E-state index contributed by atoms with van der Waals surface area (Å²) < 4.78 is 7.87. The minimum atomic E-state index is -0.199. The van der Waals surface area contributed by atoms with E-state index in [1.165, 1.54) is 0 Å². The highest BCUT2D eigenvalue weighted by molar-refractivity contribution is 5.93. The molecule has 1 aliphatic rings. The van der Waals surface area contributed by atoms with Gasteiger partial charge in [0.25, 0.3) is 5.91 Å². The number of hydrogen-bond acceptors (Lipinski definition) is 4. The predicted molar refractivity (Wildman–Crippen MR) is 107 cm³/mol. The summed E-state index contributed by atoms with van der Waals surface area (Å²) in [5, 5.41) is 9.28. The number of fused-ring (bicyclic) bond motifs is 1. The molecule has 1 N–H and O–H groups in total. The SMILES string of the molecule is Cc1cc(CO)oc1C(=O)N1CCCC(c2nc3ccccc3n2C(C)C)C1. The van der Waals surface area contributed by atoms with Crippen LogP contribution >= 0.6 is 0 Å². The zero-order valence-corrected chi connectivity index (χ0v) is 16.7. The van der Waals surface area contributed by atoms with Crippen LogP contribution < -0.4 is 0 Å². The van der Waals surface area contributed by atoms with Crippen LogP contribution in [-0.4, -0.2) is 38.6 Å². The van der Waals surface area contributed by atoms with Crippen LogP contribution in [0.4, 0.5) is 0 Å². The van der Waals surface area contributed by atoms with Gasteiger partial charge in [0.05, 0.1) is 11.0 Å². The van der Waals surface area contributed by atoms with Crippen LogP contribution in [-0.2, 0) is 6.61 Å². The molecule has 0 radical (unpaired) electrons. The van der Waals surface area contributed by atoms with Gasteiger partial charge in [0.2, 0.25) is 0 Å². The molecule has 6 heteroatoms. The molecule has 28 heavy (non-hydrogen) atoms. The topological polar surface area (TPSA) is 71.5 Å².